The van der Waals surface area contributed by atoms with Crippen LogP contribution in [0.5, 0.6) is 0 Å². The Morgan fingerprint density at radius 2 is 2.00 bits per heavy atom. The molecule has 13 heteroatoms. The summed E-state index contributed by atoms with van der Waals surface area (Å²) >= 11 is 10.7. The number of nitrogens with two attached hydrogens (primary N) is 1. The van der Waals surface area contributed by atoms with Crippen LogP contribution in [0.15, 0.2) is 30.4 Å². The highest BCUT2D eigenvalue weighted by Gasteiger charge is 2.05. The molecule has 0 bridgehead atoms. The van der Waals surface area contributed by atoms with Gasteiger partial charge < -0.3 is 16.4 Å². The molecular weight excluding hydrogens is 442 g/mol. The minimum absolute atomic E-state index is 0.391. The zero-order valence-corrected chi connectivity index (χ0v) is 18.0. The maximum absolute atomic E-state index is 10.8. The van der Waals surface area contributed by atoms with Crippen LogP contribution in [0.2, 0.25) is 5.02 Å². The molecular formula is C15H20ClN7O2S3. The number of rotatable bonds is 13. The average molecular weight is 462 g/mol. The molecule has 2 aromatic heterocycles. The molecule has 0 saturated carbocycles. The molecule has 0 unspecified atom stereocenters. The van der Waals surface area contributed by atoms with Crippen molar-refractivity contribution in [2.24, 2.45) is 0 Å². The van der Waals surface area contributed by atoms with Crippen molar-refractivity contribution in [1.82, 2.24) is 25.8 Å². The Bertz CT molecular complexity index is 790. The van der Waals surface area contributed by atoms with E-state index in [0.717, 1.165) is 28.4 Å². The van der Waals surface area contributed by atoms with Crippen LogP contribution in [0, 0.1) is 10.1 Å². The molecule has 4 N–H and O–H groups in total. The van der Waals surface area contributed by atoms with E-state index in [0.29, 0.717) is 40.6 Å². The summed E-state index contributed by atoms with van der Waals surface area (Å²) in [6, 6.07) is 3.60. The van der Waals surface area contributed by atoms with Crippen molar-refractivity contribution in [2.75, 3.05) is 30.3 Å². The lowest BCUT2D eigenvalue weighted by Crippen LogP contribution is -2.30. The number of anilines is 1. The van der Waals surface area contributed by atoms with E-state index in [1.165, 1.54) is 11.3 Å². The molecule has 0 atom stereocenters. The molecule has 9 nitrogen and oxygen atoms in total. The molecule has 0 aliphatic heterocycles. The molecule has 0 amide bonds. The number of pyridine rings is 1. The van der Waals surface area contributed by atoms with Gasteiger partial charge >= 0.3 is 0 Å². The fourth-order valence-corrected chi connectivity index (χ4v) is 4.55. The Kier molecular flexibility index (Phi) is 10.2. The molecule has 0 saturated heterocycles. The SMILES string of the molecule is Nc1nnc(CSCCNC(=C[N+](=O)[O-])NCCSCc2ncccc2Cl)s1. The van der Waals surface area contributed by atoms with Gasteiger partial charge in [-0.1, -0.05) is 22.9 Å². The van der Waals surface area contributed by atoms with E-state index >= 15 is 0 Å². The number of nitrogen functional groups attached to an aromatic ring is 1. The predicted octanol–water partition coefficient (Wildman–Crippen LogP) is 2.59. The number of nitro groups is 1. The average Bonchev–Trinajstić information content (AvgIpc) is 3.07. The molecule has 0 fully saturated rings. The van der Waals surface area contributed by atoms with Crippen LogP contribution in [-0.4, -0.2) is 44.7 Å². The summed E-state index contributed by atoms with van der Waals surface area (Å²) in [5, 5.41) is 26.6. The van der Waals surface area contributed by atoms with Crippen LogP contribution in [-0.2, 0) is 11.5 Å². The van der Waals surface area contributed by atoms with E-state index in [4.69, 9.17) is 17.3 Å². The van der Waals surface area contributed by atoms with E-state index in [1.807, 2.05) is 6.07 Å². The van der Waals surface area contributed by atoms with E-state index in [2.05, 4.69) is 25.8 Å². The highest BCUT2D eigenvalue weighted by Crippen LogP contribution is 2.18. The van der Waals surface area contributed by atoms with Gasteiger partial charge in [-0.15, -0.1) is 10.2 Å². The standard InChI is InChI=1S/C15H20ClN7O2S3/c16-11-2-1-3-18-12(11)9-26-6-4-19-13(8-23(24)25)20-5-7-27-10-14-21-22-15(17)28-14/h1-3,8,19-20H,4-7,9-10H2,(H2,17,22). The summed E-state index contributed by atoms with van der Waals surface area (Å²) < 4.78 is 0. The third-order valence-corrected chi connectivity index (χ3v) is 6.36. The predicted molar refractivity (Wildman–Crippen MR) is 117 cm³/mol. The van der Waals surface area contributed by atoms with Gasteiger partial charge in [0.1, 0.15) is 5.01 Å². The molecule has 0 aliphatic carbocycles. The van der Waals surface area contributed by atoms with Crippen LogP contribution in [0.1, 0.15) is 10.7 Å². The second-order valence-electron chi connectivity index (χ2n) is 5.25. The van der Waals surface area contributed by atoms with E-state index in [-0.39, 0.29) is 0 Å². The smallest absolute Gasteiger partial charge is 0.274 e. The first-order chi connectivity index (χ1) is 13.5. The van der Waals surface area contributed by atoms with Gasteiger partial charge in [0.05, 0.1) is 15.6 Å². The van der Waals surface area contributed by atoms with Crippen molar-refractivity contribution in [3.05, 3.63) is 56.2 Å². The summed E-state index contributed by atoms with van der Waals surface area (Å²) in [5.41, 5.74) is 6.37. The summed E-state index contributed by atoms with van der Waals surface area (Å²) in [5.74, 6) is 3.32. The molecule has 2 rings (SSSR count). The summed E-state index contributed by atoms with van der Waals surface area (Å²) in [6.07, 6.45) is 2.65. The number of thioether (sulfide) groups is 2. The molecule has 0 radical (unpaired) electrons. The maximum atomic E-state index is 10.8. The van der Waals surface area contributed by atoms with Gasteiger partial charge in [-0.25, -0.2) is 0 Å². The number of nitrogens with zero attached hydrogens (tertiary/aromatic N) is 4. The van der Waals surface area contributed by atoms with Gasteiger partial charge in [-0.05, 0) is 12.1 Å². The van der Waals surface area contributed by atoms with Crippen molar-refractivity contribution in [3.63, 3.8) is 0 Å². The Balaban J connectivity index is 1.62. The topological polar surface area (TPSA) is 132 Å². The zero-order chi connectivity index (χ0) is 20.2. The van der Waals surface area contributed by atoms with Crippen LogP contribution in [0.25, 0.3) is 0 Å². The number of halogens is 1. The largest absolute Gasteiger partial charge is 0.374 e. The van der Waals surface area contributed by atoms with E-state index < -0.39 is 4.92 Å². The third-order valence-electron chi connectivity index (χ3n) is 3.14. The minimum atomic E-state index is -0.479. The highest BCUT2D eigenvalue weighted by molar-refractivity contribution is 7.98. The van der Waals surface area contributed by atoms with E-state index in [9.17, 15) is 10.1 Å². The van der Waals surface area contributed by atoms with Gasteiger partial charge in [-0.2, -0.15) is 23.5 Å². The molecule has 28 heavy (non-hydrogen) atoms. The fraction of sp³-hybridized carbons (Fsp3) is 0.400. The van der Waals surface area contributed by atoms with Gasteiger partial charge in [-0.3, -0.25) is 15.1 Å². The minimum Gasteiger partial charge on any atom is -0.374 e. The van der Waals surface area contributed by atoms with Crippen LogP contribution in [0.3, 0.4) is 0 Å². The van der Waals surface area contributed by atoms with Crippen molar-refractivity contribution < 1.29 is 4.92 Å². The number of hydrogen-bond acceptors (Lipinski definition) is 11. The Hall–Kier alpha value is -1.76. The Morgan fingerprint density at radius 3 is 2.61 bits per heavy atom. The highest BCUT2D eigenvalue weighted by atomic mass is 35.5. The fourth-order valence-electron chi connectivity index (χ4n) is 1.95. The normalized spacial score (nSPS) is 11.4. The third kappa shape index (κ3) is 8.95. The molecule has 0 spiro atoms. The quantitative estimate of drug-likeness (QED) is 0.232. The first-order valence-corrected chi connectivity index (χ1v) is 11.7. The Morgan fingerprint density at radius 1 is 1.29 bits per heavy atom. The zero-order valence-electron chi connectivity index (χ0n) is 14.8. The number of nitrogens with one attached hydrogen (secondary N) is 2. The lowest BCUT2D eigenvalue weighted by molar-refractivity contribution is -0.404. The van der Waals surface area contributed by atoms with Crippen molar-refractivity contribution >= 4 is 51.6 Å². The summed E-state index contributed by atoms with van der Waals surface area (Å²) in [7, 11) is 0. The van der Waals surface area contributed by atoms with Gasteiger partial charge in [0.15, 0.2) is 5.82 Å². The summed E-state index contributed by atoms with van der Waals surface area (Å²) in [6.45, 7) is 1.17. The maximum Gasteiger partial charge on any atom is 0.274 e. The summed E-state index contributed by atoms with van der Waals surface area (Å²) in [4.78, 5) is 14.5. The number of hydrogen-bond donors (Lipinski definition) is 3. The van der Waals surface area contributed by atoms with Crippen molar-refractivity contribution in [2.45, 2.75) is 11.5 Å². The van der Waals surface area contributed by atoms with Crippen LogP contribution in [0.4, 0.5) is 5.13 Å². The van der Waals surface area contributed by atoms with Gasteiger partial charge in [0, 0.05) is 42.3 Å². The van der Waals surface area contributed by atoms with Crippen molar-refractivity contribution in [1.29, 1.82) is 0 Å². The van der Waals surface area contributed by atoms with Gasteiger partial charge in [0.25, 0.3) is 6.20 Å². The lowest BCUT2D eigenvalue weighted by atomic mass is 10.4. The molecule has 2 heterocycles. The number of aromatic nitrogens is 3. The lowest BCUT2D eigenvalue weighted by Gasteiger charge is -2.11. The monoisotopic (exact) mass is 461 g/mol. The van der Waals surface area contributed by atoms with Crippen molar-refractivity contribution in [3.8, 4) is 0 Å². The molecule has 0 aliphatic rings. The van der Waals surface area contributed by atoms with Crippen LogP contribution >= 0.6 is 46.5 Å². The molecule has 0 aromatic carbocycles. The van der Waals surface area contributed by atoms with E-state index in [1.54, 1.807) is 35.8 Å². The van der Waals surface area contributed by atoms with Crippen LogP contribution < -0.4 is 16.4 Å². The van der Waals surface area contributed by atoms with Gasteiger partial charge in [0.2, 0.25) is 5.13 Å². The molecule has 152 valence electrons. The molecule has 2 aromatic rings. The first kappa shape index (κ1) is 22.5. The second kappa shape index (κ2) is 12.6. The second-order valence-corrected chi connectivity index (χ2v) is 8.96. The first-order valence-electron chi connectivity index (χ1n) is 8.20. The Labute approximate surface area is 180 Å².